The van der Waals surface area contributed by atoms with Crippen LogP contribution >= 0.6 is 12.2 Å². The molecule has 1 aromatic carbocycles. The molecular weight excluding hydrogens is 287 g/mol. The molecule has 0 aromatic heterocycles. The van der Waals surface area contributed by atoms with Gasteiger partial charge in [0.05, 0.1) is 16.4 Å². The van der Waals surface area contributed by atoms with Gasteiger partial charge in [-0.3, -0.25) is 0 Å². The topological polar surface area (TPSA) is 63.4 Å². The summed E-state index contributed by atoms with van der Waals surface area (Å²) in [5.74, 6) is -0.587. The van der Waals surface area contributed by atoms with Gasteiger partial charge >= 0.3 is 0 Å². The zero-order chi connectivity index (χ0) is 14.6. The molecule has 0 spiro atoms. The molecule has 106 valence electrons. The highest BCUT2D eigenvalue weighted by atomic mass is 32.2. The Hall–Kier alpha value is -1.05. The van der Waals surface area contributed by atoms with Crippen LogP contribution in [0.3, 0.4) is 0 Å². The van der Waals surface area contributed by atoms with Gasteiger partial charge in [-0.1, -0.05) is 25.2 Å². The van der Waals surface area contributed by atoms with Crippen LogP contribution in [0.15, 0.2) is 23.1 Å². The van der Waals surface area contributed by atoms with Crippen molar-refractivity contribution in [1.82, 2.24) is 4.31 Å². The molecule has 0 saturated carbocycles. The maximum atomic E-state index is 13.3. The summed E-state index contributed by atoms with van der Waals surface area (Å²) >= 11 is 4.76. The van der Waals surface area contributed by atoms with E-state index < -0.39 is 15.8 Å². The zero-order valence-electron chi connectivity index (χ0n) is 10.9. The molecule has 0 atom stereocenters. The number of benzene rings is 1. The number of thiocarbonyl (C=S) groups is 1. The van der Waals surface area contributed by atoms with E-state index in [4.69, 9.17) is 18.0 Å². The van der Waals surface area contributed by atoms with Crippen LogP contribution in [0.1, 0.15) is 18.9 Å². The molecule has 0 radical (unpaired) electrons. The van der Waals surface area contributed by atoms with E-state index in [9.17, 15) is 12.8 Å². The molecule has 19 heavy (non-hydrogen) atoms. The van der Waals surface area contributed by atoms with Crippen LogP contribution < -0.4 is 5.73 Å². The minimum atomic E-state index is -3.79. The SMILES string of the molecule is CCCN(CC(N)=S)S(=O)(=O)c1cc(F)ccc1C. The molecule has 4 nitrogen and oxygen atoms in total. The molecule has 0 aliphatic heterocycles. The summed E-state index contributed by atoms with van der Waals surface area (Å²) in [5, 5.41) is 0. The van der Waals surface area contributed by atoms with Gasteiger partial charge in [-0.25, -0.2) is 12.8 Å². The van der Waals surface area contributed by atoms with Gasteiger partial charge < -0.3 is 5.73 Å². The van der Waals surface area contributed by atoms with Crippen LogP contribution in [0, 0.1) is 12.7 Å². The van der Waals surface area contributed by atoms with Crippen molar-refractivity contribution in [2.75, 3.05) is 13.1 Å². The van der Waals surface area contributed by atoms with E-state index >= 15 is 0 Å². The van der Waals surface area contributed by atoms with Crippen LogP contribution in [-0.2, 0) is 10.0 Å². The fourth-order valence-corrected chi connectivity index (χ4v) is 3.68. The zero-order valence-corrected chi connectivity index (χ0v) is 12.5. The Morgan fingerprint density at radius 3 is 2.63 bits per heavy atom. The van der Waals surface area contributed by atoms with Crippen molar-refractivity contribution >= 4 is 27.2 Å². The standard InChI is InChI=1S/C12H17FN2O2S2/c1-3-6-15(8-12(14)18)19(16,17)11-7-10(13)5-4-9(11)2/h4-5,7H,3,6,8H2,1-2H3,(H2,14,18). The summed E-state index contributed by atoms with van der Waals surface area (Å²) < 4.78 is 39.4. The average molecular weight is 304 g/mol. The summed E-state index contributed by atoms with van der Waals surface area (Å²) in [6.07, 6.45) is 0.621. The van der Waals surface area contributed by atoms with Crippen LogP contribution in [-0.4, -0.2) is 30.8 Å². The second kappa shape index (κ2) is 6.40. The number of nitrogens with zero attached hydrogens (tertiary/aromatic N) is 1. The molecule has 0 amide bonds. The van der Waals surface area contributed by atoms with Gasteiger partial charge in [-0.2, -0.15) is 4.31 Å². The lowest BCUT2D eigenvalue weighted by Crippen LogP contribution is -2.38. The van der Waals surface area contributed by atoms with E-state index in [1.54, 1.807) is 6.92 Å². The highest BCUT2D eigenvalue weighted by molar-refractivity contribution is 7.89. The molecule has 0 heterocycles. The highest BCUT2D eigenvalue weighted by Gasteiger charge is 2.26. The Kier molecular flexibility index (Phi) is 5.39. The maximum absolute atomic E-state index is 13.3. The van der Waals surface area contributed by atoms with E-state index in [-0.39, 0.29) is 23.0 Å². The van der Waals surface area contributed by atoms with Crippen molar-refractivity contribution in [2.24, 2.45) is 5.73 Å². The van der Waals surface area contributed by atoms with Gasteiger partial charge in [0, 0.05) is 6.54 Å². The largest absolute Gasteiger partial charge is 0.392 e. The third-order valence-corrected chi connectivity index (χ3v) is 4.69. The molecular formula is C12H17FN2O2S2. The minimum Gasteiger partial charge on any atom is -0.392 e. The van der Waals surface area contributed by atoms with Crippen molar-refractivity contribution < 1.29 is 12.8 Å². The molecule has 0 aliphatic carbocycles. The Bertz CT molecular complexity index is 573. The van der Waals surface area contributed by atoms with Crippen molar-refractivity contribution in [1.29, 1.82) is 0 Å². The van der Waals surface area contributed by atoms with Crippen molar-refractivity contribution in [3.8, 4) is 0 Å². The average Bonchev–Trinajstić information content (AvgIpc) is 2.31. The molecule has 0 unspecified atom stereocenters. The number of rotatable bonds is 6. The maximum Gasteiger partial charge on any atom is 0.243 e. The summed E-state index contributed by atoms with van der Waals surface area (Å²) in [5.41, 5.74) is 5.91. The Balaban J connectivity index is 3.25. The second-order valence-electron chi connectivity index (χ2n) is 4.21. The fourth-order valence-electron chi connectivity index (χ4n) is 1.70. The first kappa shape index (κ1) is 16.0. The molecule has 2 N–H and O–H groups in total. The van der Waals surface area contributed by atoms with Gasteiger partial charge in [0.1, 0.15) is 5.82 Å². The first-order valence-corrected chi connectivity index (χ1v) is 7.68. The lowest BCUT2D eigenvalue weighted by molar-refractivity contribution is 0.448. The molecule has 0 aliphatic rings. The predicted octanol–water partition coefficient (Wildman–Crippen LogP) is 1.82. The van der Waals surface area contributed by atoms with Gasteiger partial charge in [0.2, 0.25) is 10.0 Å². The third-order valence-electron chi connectivity index (χ3n) is 2.57. The van der Waals surface area contributed by atoms with Gasteiger partial charge in [0.25, 0.3) is 0 Å². The number of sulfonamides is 1. The smallest absolute Gasteiger partial charge is 0.243 e. The number of hydrogen-bond donors (Lipinski definition) is 1. The highest BCUT2D eigenvalue weighted by Crippen LogP contribution is 2.21. The number of halogens is 1. The summed E-state index contributed by atoms with van der Waals surface area (Å²) in [6.45, 7) is 3.72. The Labute approximate surface area is 118 Å². The number of nitrogens with two attached hydrogens (primary N) is 1. The number of hydrogen-bond acceptors (Lipinski definition) is 3. The first-order valence-electron chi connectivity index (χ1n) is 5.83. The predicted molar refractivity (Wildman–Crippen MR) is 77.0 cm³/mol. The van der Waals surface area contributed by atoms with Crippen LogP contribution in [0.2, 0.25) is 0 Å². The van der Waals surface area contributed by atoms with Crippen molar-refractivity contribution in [3.63, 3.8) is 0 Å². The molecule has 1 rings (SSSR count). The molecule has 0 bridgehead atoms. The summed E-state index contributed by atoms with van der Waals surface area (Å²) in [4.78, 5) is 0.0447. The third kappa shape index (κ3) is 3.95. The van der Waals surface area contributed by atoms with Gasteiger partial charge in [0.15, 0.2) is 0 Å². The lowest BCUT2D eigenvalue weighted by atomic mass is 10.2. The molecule has 1 aromatic rings. The van der Waals surface area contributed by atoms with E-state index in [1.165, 1.54) is 16.4 Å². The van der Waals surface area contributed by atoms with E-state index in [2.05, 4.69) is 0 Å². The van der Waals surface area contributed by atoms with E-state index in [0.29, 0.717) is 12.0 Å². The monoisotopic (exact) mass is 304 g/mol. The van der Waals surface area contributed by atoms with Gasteiger partial charge in [-0.05, 0) is 31.0 Å². The van der Waals surface area contributed by atoms with Crippen LogP contribution in [0.5, 0.6) is 0 Å². The second-order valence-corrected chi connectivity index (χ2v) is 6.65. The summed E-state index contributed by atoms with van der Waals surface area (Å²) in [6, 6.07) is 3.69. The Morgan fingerprint density at radius 1 is 1.47 bits per heavy atom. The van der Waals surface area contributed by atoms with Crippen molar-refractivity contribution in [3.05, 3.63) is 29.6 Å². The Morgan fingerprint density at radius 2 is 2.11 bits per heavy atom. The first-order chi connectivity index (χ1) is 8.78. The van der Waals surface area contributed by atoms with E-state index in [1.807, 2.05) is 6.92 Å². The number of aryl methyl sites for hydroxylation is 1. The minimum absolute atomic E-state index is 0.0402. The molecule has 7 heteroatoms. The van der Waals surface area contributed by atoms with Crippen LogP contribution in [0.4, 0.5) is 4.39 Å². The lowest BCUT2D eigenvalue weighted by Gasteiger charge is -2.22. The normalized spacial score (nSPS) is 11.8. The molecule has 0 fully saturated rings. The van der Waals surface area contributed by atoms with Crippen molar-refractivity contribution in [2.45, 2.75) is 25.2 Å². The fraction of sp³-hybridized carbons (Fsp3) is 0.417. The molecule has 0 saturated heterocycles. The van der Waals surface area contributed by atoms with Crippen LogP contribution in [0.25, 0.3) is 0 Å². The van der Waals surface area contributed by atoms with Gasteiger partial charge in [-0.15, -0.1) is 0 Å². The quantitative estimate of drug-likeness (QED) is 0.814. The van der Waals surface area contributed by atoms with E-state index in [0.717, 1.165) is 6.07 Å². The summed E-state index contributed by atoms with van der Waals surface area (Å²) in [7, 11) is -3.79.